The summed E-state index contributed by atoms with van der Waals surface area (Å²) in [5, 5.41) is 0. The first-order chi connectivity index (χ1) is 58.7. The summed E-state index contributed by atoms with van der Waals surface area (Å²) in [7, 11) is -6.32. The van der Waals surface area contributed by atoms with E-state index in [0.29, 0.717) is 0 Å². The molecule has 656 valence electrons. The lowest BCUT2D eigenvalue weighted by Crippen LogP contribution is -2.31. The monoisotopic (exact) mass is 1780 g/mol. The first-order valence-corrected chi connectivity index (χ1v) is 43.8. The fourth-order valence-corrected chi connectivity index (χ4v) is 11.1. The Bertz CT molecular complexity index is 4670. The number of hydrogen-bond acceptors (Lipinski definition) is 12. The van der Waals surface area contributed by atoms with Gasteiger partial charge in [0.25, 0.3) is 0 Å². The number of aromatic nitrogens is 16. The van der Waals surface area contributed by atoms with Gasteiger partial charge in [-0.25, -0.2) is 89.9 Å². The summed E-state index contributed by atoms with van der Waals surface area (Å²) in [6.07, 6.45) is 49.6. The lowest BCUT2D eigenvalue weighted by atomic mass is 10.2. The predicted octanol–water partition coefficient (Wildman–Crippen LogP) is 6.03. The lowest BCUT2D eigenvalue weighted by molar-refractivity contribution is -0.687. The van der Waals surface area contributed by atoms with Crippen molar-refractivity contribution in [2.24, 2.45) is 56.4 Å². The van der Waals surface area contributed by atoms with Crippen LogP contribution in [-0.2, 0) is 127 Å². The van der Waals surface area contributed by atoms with E-state index in [2.05, 4.69) is 331 Å². The third-order valence-corrected chi connectivity index (χ3v) is 16.3. The van der Waals surface area contributed by atoms with Gasteiger partial charge in [-0.2, -0.15) is 0 Å². The highest BCUT2D eigenvalue weighted by Gasteiger charge is 2.07. The minimum Gasteiger partial charge on any atom is -0.786 e. The fraction of sp³-hybridized carbons (Fsp3) is 0.182. The Balaban J connectivity index is 0.000000244. The first-order valence-electron chi connectivity index (χ1n) is 38.0. The molecule has 0 spiro atoms. The number of aryl methyl sites for hydroxylation is 8. The van der Waals surface area contributed by atoms with Gasteiger partial charge in [-0.15, -0.1) is 0 Å². The highest BCUT2D eigenvalue weighted by molar-refractivity contribution is 7.43. The van der Waals surface area contributed by atoms with Gasteiger partial charge >= 0.3 is 0 Å². The van der Waals surface area contributed by atoms with E-state index in [1.165, 1.54) is 44.5 Å². The van der Waals surface area contributed by atoms with E-state index in [1.807, 2.05) is 191 Å². The zero-order chi connectivity index (χ0) is 90.8. The van der Waals surface area contributed by atoms with Gasteiger partial charge in [-0.3, -0.25) is 0 Å². The Hall–Kier alpha value is -12.2. The maximum Gasteiger partial charge on any atom is 0.243 e. The molecule has 124 heavy (non-hydrogen) atoms. The zero-order valence-electron chi connectivity index (χ0n) is 70.0. The molecule has 0 aliphatic heterocycles. The van der Waals surface area contributed by atoms with Gasteiger partial charge in [0.15, 0.2) is 0 Å². The third kappa shape index (κ3) is 53.5. The van der Waals surface area contributed by atoms with Gasteiger partial charge in [0.2, 0.25) is 50.6 Å². The van der Waals surface area contributed by atoms with E-state index < -0.39 is 31.6 Å². The fourth-order valence-electron chi connectivity index (χ4n) is 11.1. The molecule has 0 amide bonds. The van der Waals surface area contributed by atoms with Crippen molar-refractivity contribution >= 4 is 31.6 Å². The second-order valence-corrected chi connectivity index (χ2v) is 31.1. The molecule has 36 heteroatoms. The van der Waals surface area contributed by atoms with Crippen molar-refractivity contribution in [2.75, 3.05) is 0 Å². The van der Waals surface area contributed by atoms with E-state index in [0.717, 1.165) is 52.4 Å². The second-order valence-electron chi connectivity index (χ2n) is 27.6. The minimum atomic E-state index is -5.64. The van der Waals surface area contributed by atoms with Gasteiger partial charge in [-0.1, -0.05) is 243 Å². The van der Waals surface area contributed by atoms with Crippen molar-refractivity contribution in [1.29, 1.82) is 0 Å². The van der Waals surface area contributed by atoms with Crippen LogP contribution in [-0.4, -0.2) is 36.5 Å². The van der Waals surface area contributed by atoms with Crippen LogP contribution < -0.4 is 75.7 Å². The number of rotatable bonds is 16. The molecule has 0 fully saturated rings. The summed E-state index contributed by atoms with van der Waals surface area (Å²) in [6, 6.07) is 83.6. The first kappa shape index (κ1) is 102. The topological polar surface area (TPSA) is 323 Å². The summed E-state index contributed by atoms with van der Waals surface area (Å²) in [4.78, 5) is 67.5. The molecular formula is C88H104F4N16O12P4. The quantitative estimate of drug-likeness (QED) is 0.0609. The molecule has 0 atom stereocenters. The van der Waals surface area contributed by atoms with Crippen LogP contribution in [0.4, 0.5) is 16.8 Å². The van der Waals surface area contributed by atoms with Gasteiger partial charge in [0.05, 0.1) is 56.4 Å². The summed E-state index contributed by atoms with van der Waals surface area (Å²) in [5.74, 6) is 0. The van der Waals surface area contributed by atoms with Crippen LogP contribution in [0.25, 0.3) is 0 Å². The van der Waals surface area contributed by atoms with Crippen molar-refractivity contribution < 1.29 is 111 Å². The molecule has 8 aromatic carbocycles. The van der Waals surface area contributed by atoms with Gasteiger partial charge < -0.3 is 57.4 Å². The Morgan fingerprint density at radius 3 is 0.339 bits per heavy atom. The van der Waals surface area contributed by atoms with E-state index in [4.69, 9.17) is 57.4 Å². The highest BCUT2D eigenvalue weighted by atomic mass is 31.2. The SMILES string of the molecule is Cn1cc[n+](Cc2ccccc2)c1.Cn1cc[n+](Cc2ccccc2)c1.Cn1cc[n+](Cc2ccccc2)c1.Cn1cc[n+](Cc2ccccc2)c1.Cn1cc[n+](Cc2ccccc2)c1.Cn1cc[n+](Cc2ccccc2)c1.Cn1cc[n+](Cc2ccccc2)c1.Cn1cc[n+](Cc2ccccc2)c1.O=P([O-])([O-])F.O=P([O-])([O-])F.O=P([O-])([O-])F.O=P([O-])([O-])F. The van der Waals surface area contributed by atoms with Crippen molar-refractivity contribution in [2.45, 2.75) is 52.4 Å². The average Bonchev–Trinajstić information content (AvgIpc) is 1.79. The minimum absolute atomic E-state index is 0.946. The smallest absolute Gasteiger partial charge is 0.243 e. The van der Waals surface area contributed by atoms with Crippen LogP contribution in [0, 0.1) is 0 Å². The van der Waals surface area contributed by atoms with Crippen LogP contribution in [0.2, 0.25) is 0 Å². The van der Waals surface area contributed by atoms with Gasteiger partial charge in [0.1, 0.15) is 183 Å². The van der Waals surface area contributed by atoms with Crippen molar-refractivity contribution in [1.82, 2.24) is 36.5 Å². The highest BCUT2D eigenvalue weighted by Crippen LogP contribution is 2.24. The normalized spacial score (nSPS) is 10.5. The molecule has 16 rings (SSSR count). The standard InChI is InChI=1S/8C11H13N2.4FH2O3P/c8*1-12-7-8-13(10-12)9-11-5-3-2-4-6-11;4*1-5(2,3)4/h8*2-8,10H,9H2,1H3;4*(H2,2,3,4)/q8*+1;;;;/p-8. The molecule has 0 bridgehead atoms. The molecule has 16 aromatic rings. The Kier molecular flexibility index (Phi) is 45.4. The van der Waals surface area contributed by atoms with Gasteiger partial charge in [0, 0.05) is 0 Å². The lowest BCUT2D eigenvalue weighted by Gasteiger charge is -2.15. The summed E-state index contributed by atoms with van der Waals surface area (Å²) in [5.41, 5.74) is 10.7. The number of imidazole rings is 8. The summed E-state index contributed by atoms with van der Waals surface area (Å²) in [6.45, 7) is 7.57. The number of hydrogen-bond donors (Lipinski definition) is 0. The summed E-state index contributed by atoms with van der Waals surface area (Å²) >= 11 is 0. The largest absolute Gasteiger partial charge is 0.786 e. The van der Waals surface area contributed by atoms with E-state index >= 15 is 0 Å². The molecule has 28 nitrogen and oxygen atoms in total. The van der Waals surface area contributed by atoms with E-state index in [1.54, 1.807) is 0 Å². The van der Waals surface area contributed by atoms with E-state index in [-0.39, 0.29) is 0 Å². The summed E-state index contributed by atoms with van der Waals surface area (Å²) < 4.78 is 108. The van der Waals surface area contributed by atoms with Crippen LogP contribution in [0.1, 0.15) is 44.5 Å². The van der Waals surface area contributed by atoms with Crippen LogP contribution in [0.15, 0.2) is 392 Å². The Morgan fingerprint density at radius 2 is 0.274 bits per heavy atom. The predicted molar refractivity (Wildman–Crippen MR) is 444 cm³/mol. The maximum atomic E-state index is 10.1. The van der Waals surface area contributed by atoms with Crippen molar-refractivity contribution in [3.8, 4) is 0 Å². The molecular weight excluding hydrogens is 1670 g/mol. The molecule has 8 aromatic heterocycles. The number of nitrogens with zero attached hydrogens (tertiary/aromatic N) is 16. The molecule has 0 saturated heterocycles. The van der Waals surface area contributed by atoms with E-state index in [9.17, 15) is 16.8 Å². The number of benzene rings is 8. The van der Waals surface area contributed by atoms with Crippen LogP contribution in [0.5, 0.6) is 0 Å². The molecule has 0 N–H and O–H groups in total. The zero-order valence-corrected chi connectivity index (χ0v) is 73.5. The van der Waals surface area contributed by atoms with Crippen LogP contribution in [0.3, 0.4) is 0 Å². The maximum absolute atomic E-state index is 10.1. The molecule has 8 heterocycles. The molecule has 0 saturated carbocycles. The molecule has 0 radical (unpaired) electrons. The Labute approximate surface area is 720 Å². The average molecular weight is 1780 g/mol. The Morgan fingerprint density at radius 1 is 0.194 bits per heavy atom. The van der Waals surface area contributed by atoms with Crippen molar-refractivity contribution in [3.63, 3.8) is 0 Å². The van der Waals surface area contributed by atoms with Crippen molar-refractivity contribution in [3.05, 3.63) is 437 Å². The molecule has 0 unspecified atom stereocenters. The molecule has 0 aliphatic rings. The third-order valence-electron chi connectivity index (χ3n) is 16.3. The number of halogens is 4. The molecule has 0 aliphatic carbocycles. The second kappa shape index (κ2) is 55.0. The van der Waals surface area contributed by atoms with Crippen LogP contribution >= 0.6 is 31.6 Å². The van der Waals surface area contributed by atoms with Gasteiger partial charge in [-0.05, 0) is 44.5 Å².